The maximum Gasteiger partial charge on any atom is 0.255 e. The number of pyridine rings is 1. The molecule has 1 aliphatic heterocycles. The third kappa shape index (κ3) is 10.8. The van der Waals surface area contributed by atoms with E-state index in [1.807, 2.05) is 30.3 Å². The number of rotatable bonds is 7. The van der Waals surface area contributed by atoms with Crippen LogP contribution < -0.4 is 15.0 Å². The lowest BCUT2D eigenvalue weighted by Gasteiger charge is -2.16. The number of anilines is 2. The fraction of sp³-hybridized carbons (Fsp3) is 0.235. The summed E-state index contributed by atoms with van der Waals surface area (Å²) in [6.45, 7) is 2.11. The maximum absolute atomic E-state index is 12.4. The molecule has 0 spiro atoms. The second-order valence-electron chi connectivity index (χ2n) is 8.76. The predicted octanol–water partition coefficient (Wildman–Crippen LogP) is 5.77. The van der Waals surface area contributed by atoms with Crippen molar-refractivity contribution >= 4 is 23.7 Å². The molecule has 42 heavy (non-hydrogen) atoms. The Morgan fingerprint density at radius 1 is 1.02 bits per heavy atom. The molecule has 1 aromatic carbocycles. The minimum Gasteiger partial charge on any atom is -0.497 e. The number of methoxy groups -OCH3 is 1. The first-order chi connectivity index (χ1) is 20.6. The first kappa shape index (κ1) is 33.1. The molecule has 1 aromatic heterocycles. The van der Waals surface area contributed by atoms with Crippen molar-refractivity contribution in [3.63, 3.8) is 0 Å². The van der Waals surface area contributed by atoms with Crippen LogP contribution in [0.25, 0.3) is 0 Å². The molecule has 8 heteroatoms. The summed E-state index contributed by atoms with van der Waals surface area (Å²) in [5, 5.41) is 9.89. The minimum atomic E-state index is -0.158. The Morgan fingerprint density at radius 2 is 1.76 bits per heavy atom. The number of carbonyl (C=O) groups excluding carboxylic acids is 2. The van der Waals surface area contributed by atoms with Gasteiger partial charge in [0.2, 0.25) is 0 Å². The Balaban J connectivity index is 0.000000345. The topological polar surface area (TPSA) is 101 Å². The molecule has 2 aliphatic carbocycles. The Bertz CT molecular complexity index is 1350. The van der Waals surface area contributed by atoms with Gasteiger partial charge in [0.1, 0.15) is 23.1 Å². The fourth-order valence-corrected chi connectivity index (χ4v) is 3.98. The first-order valence-electron chi connectivity index (χ1n) is 13.4. The molecule has 8 nitrogen and oxygen atoms in total. The highest BCUT2D eigenvalue weighted by Gasteiger charge is 2.13. The van der Waals surface area contributed by atoms with Crippen molar-refractivity contribution in [3.05, 3.63) is 114 Å². The standard InChI is InChI=1S/C22H23N3O2.C9H8O2.C2H2.CH4O/c26-22(24-18-10-13-21(23-16-18)25-14-4-5-15-25)17-8-11-20(12-9-17)27-19-6-2-1-3-7-19;1-11-9-4-2-3-8(7-10)5-6-9;2*1-2/h2,6-13,16H,1,3-5,14-15H2,(H,24,26);2,4-7H,1H3;1-2H;2H,1H3. The van der Waals surface area contributed by atoms with E-state index in [0.29, 0.717) is 22.6 Å². The Labute approximate surface area is 248 Å². The Morgan fingerprint density at radius 3 is 2.36 bits per heavy atom. The van der Waals surface area contributed by atoms with E-state index in [0.717, 1.165) is 56.7 Å². The summed E-state index contributed by atoms with van der Waals surface area (Å²) >= 11 is 0. The van der Waals surface area contributed by atoms with Gasteiger partial charge in [-0.3, -0.25) is 9.59 Å². The van der Waals surface area contributed by atoms with Gasteiger partial charge in [-0.2, -0.15) is 0 Å². The number of nitrogens with zero attached hydrogens (tertiary/aromatic N) is 2. The number of ether oxygens (including phenoxy) is 2. The molecular formula is C34H37N3O5. The molecule has 3 aliphatic rings. The molecule has 0 unspecified atom stereocenters. The van der Waals surface area contributed by atoms with E-state index in [9.17, 15) is 9.59 Å². The van der Waals surface area contributed by atoms with Gasteiger partial charge in [-0.25, -0.2) is 4.98 Å². The summed E-state index contributed by atoms with van der Waals surface area (Å²) in [7, 11) is 2.58. The lowest BCUT2D eigenvalue weighted by Crippen LogP contribution is -2.19. The van der Waals surface area contributed by atoms with Crippen LogP contribution in [0.2, 0.25) is 0 Å². The van der Waals surface area contributed by atoms with Crippen LogP contribution in [0.5, 0.6) is 5.75 Å². The highest BCUT2D eigenvalue weighted by molar-refractivity contribution is 6.04. The van der Waals surface area contributed by atoms with Gasteiger partial charge in [-0.1, -0.05) is 6.08 Å². The lowest BCUT2D eigenvalue weighted by atomic mass is 10.1. The van der Waals surface area contributed by atoms with Gasteiger partial charge in [0.25, 0.3) is 5.91 Å². The zero-order chi connectivity index (χ0) is 30.6. The average Bonchev–Trinajstić information content (AvgIpc) is 3.50. The molecule has 2 N–H and O–H groups in total. The smallest absolute Gasteiger partial charge is 0.255 e. The summed E-state index contributed by atoms with van der Waals surface area (Å²) < 4.78 is 10.7. The van der Waals surface area contributed by atoms with Crippen LogP contribution in [0, 0.1) is 12.8 Å². The molecule has 1 saturated heterocycles. The number of hydrogen-bond acceptors (Lipinski definition) is 7. The van der Waals surface area contributed by atoms with Crippen LogP contribution in [0.4, 0.5) is 11.5 Å². The fourth-order valence-electron chi connectivity index (χ4n) is 3.98. The number of hydrogen-bond donors (Lipinski definition) is 2. The van der Waals surface area contributed by atoms with E-state index in [1.165, 1.54) is 12.8 Å². The van der Waals surface area contributed by atoms with E-state index < -0.39 is 0 Å². The van der Waals surface area contributed by atoms with Crippen LogP contribution in [-0.2, 0) is 9.53 Å². The van der Waals surface area contributed by atoms with E-state index in [4.69, 9.17) is 14.6 Å². The van der Waals surface area contributed by atoms with Crippen molar-refractivity contribution in [2.24, 2.45) is 0 Å². The van der Waals surface area contributed by atoms with Crippen molar-refractivity contribution < 1.29 is 24.2 Å². The van der Waals surface area contributed by atoms with Gasteiger partial charge < -0.3 is 24.8 Å². The number of aromatic nitrogens is 1. The number of carbonyl (C=O) groups is 2. The van der Waals surface area contributed by atoms with Gasteiger partial charge >= 0.3 is 0 Å². The first-order valence-corrected chi connectivity index (χ1v) is 13.4. The van der Waals surface area contributed by atoms with Gasteiger partial charge in [0.15, 0.2) is 6.29 Å². The third-order valence-corrected chi connectivity index (χ3v) is 6.04. The molecular weight excluding hydrogens is 530 g/mol. The zero-order valence-corrected chi connectivity index (χ0v) is 24.0. The monoisotopic (exact) mass is 567 g/mol. The van der Waals surface area contributed by atoms with Crippen LogP contribution in [0.1, 0.15) is 36.0 Å². The van der Waals surface area contributed by atoms with E-state index in [1.54, 1.807) is 49.7 Å². The number of benzene rings is 1. The number of terminal acetylenes is 1. The number of amides is 1. The van der Waals surface area contributed by atoms with Crippen molar-refractivity contribution in [3.8, 4) is 18.6 Å². The summed E-state index contributed by atoms with van der Waals surface area (Å²) in [4.78, 5) is 29.4. The normalized spacial score (nSPS) is 14.5. The minimum absolute atomic E-state index is 0.158. The second kappa shape index (κ2) is 19.1. The summed E-state index contributed by atoms with van der Waals surface area (Å²) in [5.74, 6) is 3.10. The number of aliphatic hydroxyl groups excluding tert-OH is 1. The highest BCUT2D eigenvalue weighted by atomic mass is 16.5. The van der Waals surface area contributed by atoms with Crippen molar-refractivity contribution in [2.45, 2.75) is 25.7 Å². The Kier molecular flexibility index (Phi) is 15.0. The number of allylic oxidation sites excluding steroid dienone is 7. The summed E-state index contributed by atoms with van der Waals surface area (Å²) in [6, 6.07) is 11.0. The molecule has 2 heterocycles. The number of nitrogens with one attached hydrogen (secondary N) is 1. The summed E-state index contributed by atoms with van der Waals surface area (Å²) in [6.07, 6.45) is 27.9. The molecule has 2 aromatic rings. The molecule has 0 atom stereocenters. The molecule has 0 bridgehead atoms. The molecule has 0 saturated carbocycles. The average molecular weight is 568 g/mol. The molecule has 5 rings (SSSR count). The van der Waals surface area contributed by atoms with Crippen LogP contribution in [0.3, 0.4) is 0 Å². The number of aldehydes is 1. The van der Waals surface area contributed by atoms with Gasteiger partial charge in [-0.05, 0) is 98.5 Å². The highest BCUT2D eigenvalue weighted by Crippen LogP contribution is 2.21. The van der Waals surface area contributed by atoms with E-state index in [2.05, 4.69) is 45.9 Å². The van der Waals surface area contributed by atoms with Crippen molar-refractivity contribution in [1.82, 2.24) is 4.98 Å². The van der Waals surface area contributed by atoms with Crippen molar-refractivity contribution in [1.29, 1.82) is 0 Å². The number of aliphatic hydroxyl groups is 1. The van der Waals surface area contributed by atoms with Gasteiger partial charge in [0, 0.05) is 25.8 Å². The maximum atomic E-state index is 12.4. The van der Waals surface area contributed by atoms with Crippen molar-refractivity contribution in [2.75, 3.05) is 37.5 Å². The second-order valence-corrected chi connectivity index (χ2v) is 8.76. The zero-order valence-electron chi connectivity index (χ0n) is 24.0. The van der Waals surface area contributed by atoms with Gasteiger partial charge in [0.05, 0.1) is 24.6 Å². The quantitative estimate of drug-likeness (QED) is 0.249. The van der Waals surface area contributed by atoms with Gasteiger partial charge in [-0.15, -0.1) is 18.6 Å². The molecule has 0 radical (unpaired) electrons. The van der Waals surface area contributed by atoms with E-state index in [-0.39, 0.29) is 5.91 Å². The lowest BCUT2D eigenvalue weighted by molar-refractivity contribution is -0.104. The molecule has 1 fully saturated rings. The predicted molar refractivity (Wildman–Crippen MR) is 167 cm³/mol. The third-order valence-electron chi connectivity index (χ3n) is 6.04. The largest absolute Gasteiger partial charge is 0.497 e. The van der Waals surface area contributed by atoms with Crippen LogP contribution in [-0.4, -0.2) is 49.6 Å². The Hall–Kier alpha value is -5.09. The molecule has 218 valence electrons. The van der Waals surface area contributed by atoms with Crippen LogP contribution >= 0.6 is 0 Å². The van der Waals surface area contributed by atoms with E-state index >= 15 is 0 Å². The van der Waals surface area contributed by atoms with Crippen LogP contribution in [0.15, 0.2) is 108 Å². The summed E-state index contributed by atoms with van der Waals surface area (Å²) in [5.41, 5.74) is 4.58. The molecule has 1 amide bonds. The SMILES string of the molecule is C#C.CO.COC1=CC=C=C(C=O)C=C1.O=C(Nc1ccc(N2CCCC2)nc1)c1ccc(OC2=CCCC=C2)cc1.